The number of benzene rings is 1. The smallest absolute Gasteiger partial charge is 0.191 e. The molecule has 1 aliphatic rings. The second kappa shape index (κ2) is 9.10. The molecular formula is C15H23ClIN3S. The summed E-state index contributed by atoms with van der Waals surface area (Å²) in [5, 5.41) is 7.99. The Morgan fingerprint density at radius 3 is 2.76 bits per heavy atom. The maximum Gasteiger partial charge on any atom is 0.191 e. The van der Waals surface area contributed by atoms with Gasteiger partial charge in [0.2, 0.25) is 0 Å². The van der Waals surface area contributed by atoms with E-state index in [2.05, 4.69) is 34.9 Å². The maximum absolute atomic E-state index is 6.06. The highest BCUT2D eigenvalue weighted by Crippen LogP contribution is 2.29. The first-order valence-corrected chi connectivity index (χ1v) is 8.56. The normalized spacial score (nSPS) is 22.2. The predicted octanol–water partition coefficient (Wildman–Crippen LogP) is 3.94. The van der Waals surface area contributed by atoms with E-state index in [4.69, 9.17) is 11.6 Å². The van der Waals surface area contributed by atoms with Crippen molar-refractivity contribution >= 4 is 53.3 Å². The second-order valence-corrected chi connectivity index (χ2v) is 6.67. The van der Waals surface area contributed by atoms with E-state index >= 15 is 0 Å². The molecule has 1 fully saturated rings. The summed E-state index contributed by atoms with van der Waals surface area (Å²) < 4.78 is 0. The monoisotopic (exact) mass is 439 g/mol. The standard InChI is InChI=1S/C15H22ClN3S.HI/c1-10-7-13(10)19-15(17-2)18-9-14(20-3)11-5-4-6-12(16)8-11;/h4-6,8,10,13-14H,7,9H2,1-3H3,(H2,17,18,19);1H. The van der Waals surface area contributed by atoms with Crippen LogP contribution in [0.4, 0.5) is 0 Å². The fraction of sp³-hybridized carbons (Fsp3) is 0.533. The molecule has 0 spiro atoms. The van der Waals surface area contributed by atoms with E-state index in [1.807, 2.05) is 37.0 Å². The van der Waals surface area contributed by atoms with E-state index in [-0.39, 0.29) is 24.0 Å². The van der Waals surface area contributed by atoms with Crippen molar-refractivity contribution in [3.8, 4) is 0 Å². The van der Waals surface area contributed by atoms with Crippen LogP contribution in [0.3, 0.4) is 0 Å². The van der Waals surface area contributed by atoms with Crippen LogP contribution in [0.2, 0.25) is 5.02 Å². The first-order chi connectivity index (χ1) is 9.63. The van der Waals surface area contributed by atoms with Gasteiger partial charge in [0.05, 0.1) is 0 Å². The van der Waals surface area contributed by atoms with Crippen LogP contribution >= 0.6 is 47.3 Å². The molecule has 2 N–H and O–H groups in total. The van der Waals surface area contributed by atoms with Gasteiger partial charge in [-0.15, -0.1) is 24.0 Å². The Morgan fingerprint density at radius 2 is 2.24 bits per heavy atom. The molecule has 21 heavy (non-hydrogen) atoms. The summed E-state index contributed by atoms with van der Waals surface area (Å²) >= 11 is 7.88. The molecule has 2 rings (SSSR count). The van der Waals surface area contributed by atoms with Crippen molar-refractivity contribution in [2.75, 3.05) is 19.8 Å². The largest absolute Gasteiger partial charge is 0.355 e. The van der Waals surface area contributed by atoms with Gasteiger partial charge in [-0.1, -0.05) is 30.7 Å². The Kier molecular flexibility index (Phi) is 8.19. The number of rotatable bonds is 5. The van der Waals surface area contributed by atoms with Crippen LogP contribution in [-0.2, 0) is 0 Å². The van der Waals surface area contributed by atoms with Crippen molar-refractivity contribution in [2.24, 2.45) is 10.9 Å². The lowest BCUT2D eigenvalue weighted by Gasteiger charge is -2.18. The van der Waals surface area contributed by atoms with E-state index in [0.29, 0.717) is 11.3 Å². The lowest BCUT2D eigenvalue weighted by atomic mass is 10.1. The van der Waals surface area contributed by atoms with Crippen molar-refractivity contribution in [1.29, 1.82) is 0 Å². The van der Waals surface area contributed by atoms with Gasteiger partial charge >= 0.3 is 0 Å². The van der Waals surface area contributed by atoms with Gasteiger partial charge in [-0.3, -0.25) is 4.99 Å². The summed E-state index contributed by atoms with van der Waals surface area (Å²) in [7, 11) is 1.82. The molecule has 6 heteroatoms. The SMILES string of the molecule is CN=C(NCC(SC)c1cccc(Cl)c1)NC1CC1C.I. The molecule has 0 aliphatic heterocycles. The molecule has 118 valence electrons. The highest BCUT2D eigenvalue weighted by molar-refractivity contribution is 14.0. The van der Waals surface area contributed by atoms with Crippen molar-refractivity contribution in [3.05, 3.63) is 34.9 Å². The van der Waals surface area contributed by atoms with E-state index in [0.717, 1.165) is 23.4 Å². The Labute approximate surface area is 153 Å². The number of nitrogens with one attached hydrogen (secondary N) is 2. The van der Waals surface area contributed by atoms with Crippen LogP contribution in [0.1, 0.15) is 24.2 Å². The fourth-order valence-corrected chi connectivity index (χ4v) is 2.99. The summed E-state index contributed by atoms with van der Waals surface area (Å²) in [6, 6.07) is 8.64. The Hall–Kier alpha value is -0.140. The minimum Gasteiger partial charge on any atom is -0.355 e. The first kappa shape index (κ1) is 18.9. The number of hydrogen-bond donors (Lipinski definition) is 2. The summed E-state index contributed by atoms with van der Waals surface area (Å²) in [5.74, 6) is 1.65. The predicted molar refractivity (Wildman–Crippen MR) is 105 cm³/mol. The Bertz CT molecular complexity index is 484. The lowest BCUT2D eigenvalue weighted by molar-refractivity contribution is 0.753. The zero-order valence-electron chi connectivity index (χ0n) is 12.6. The molecule has 1 saturated carbocycles. The zero-order chi connectivity index (χ0) is 14.5. The van der Waals surface area contributed by atoms with Gasteiger partial charge in [0.15, 0.2) is 5.96 Å². The third-order valence-electron chi connectivity index (χ3n) is 3.62. The molecule has 0 aromatic heterocycles. The molecule has 3 atom stereocenters. The van der Waals surface area contributed by atoms with Crippen molar-refractivity contribution < 1.29 is 0 Å². The molecule has 0 amide bonds. The number of thioether (sulfide) groups is 1. The third-order valence-corrected chi connectivity index (χ3v) is 4.86. The van der Waals surface area contributed by atoms with Crippen molar-refractivity contribution in [1.82, 2.24) is 10.6 Å². The van der Waals surface area contributed by atoms with Gasteiger partial charge in [-0.2, -0.15) is 11.8 Å². The summed E-state index contributed by atoms with van der Waals surface area (Å²) in [4.78, 5) is 4.28. The summed E-state index contributed by atoms with van der Waals surface area (Å²) in [5.41, 5.74) is 1.24. The van der Waals surface area contributed by atoms with Crippen LogP contribution < -0.4 is 10.6 Å². The van der Waals surface area contributed by atoms with E-state index in [1.165, 1.54) is 12.0 Å². The molecule has 3 unspecified atom stereocenters. The lowest BCUT2D eigenvalue weighted by Crippen LogP contribution is -2.40. The number of aliphatic imine (C=N–C) groups is 1. The van der Waals surface area contributed by atoms with Gasteiger partial charge in [0.25, 0.3) is 0 Å². The van der Waals surface area contributed by atoms with Crippen LogP contribution in [0.15, 0.2) is 29.3 Å². The fourth-order valence-electron chi connectivity index (χ4n) is 2.13. The van der Waals surface area contributed by atoms with Gasteiger partial charge in [0, 0.05) is 29.9 Å². The molecule has 3 nitrogen and oxygen atoms in total. The highest BCUT2D eigenvalue weighted by Gasteiger charge is 2.33. The molecule has 1 aliphatic carbocycles. The third kappa shape index (κ3) is 5.87. The van der Waals surface area contributed by atoms with Crippen LogP contribution in [0, 0.1) is 5.92 Å². The van der Waals surface area contributed by atoms with E-state index < -0.39 is 0 Å². The molecule has 1 aromatic rings. The minimum absolute atomic E-state index is 0. The van der Waals surface area contributed by atoms with Crippen LogP contribution in [0.5, 0.6) is 0 Å². The summed E-state index contributed by atoms with van der Waals surface area (Å²) in [6.07, 6.45) is 3.35. The van der Waals surface area contributed by atoms with Crippen molar-refractivity contribution in [3.63, 3.8) is 0 Å². The van der Waals surface area contributed by atoms with Gasteiger partial charge in [-0.05, 0) is 36.3 Å². The number of halogens is 2. The van der Waals surface area contributed by atoms with E-state index in [9.17, 15) is 0 Å². The second-order valence-electron chi connectivity index (χ2n) is 5.20. The number of hydrogen-bond acceptors (Lipinski definition) is 2. The quantitative estimate of drug-likeness (QED) is 0.414. The van der Waals surface area contributed by atoms with Crippen molar-refractivity contribution in [2.45, 2.75) is 24.6 Å². The maximum atomic E-state index is 6.06. The van der Waals surface area contributed by atoms with Gasteiger partial charge in [-0.25, -0.2) is 0 Å². The first-order valence-electron chi connectivity index (χ1n) is 6.89. The van der Waals surface area contributed by atoms with Gasteiger partial charge in [0.1, 0.15) is 0 Å². The Balaban J connectivity index is 0.00000220. The minimum atomic E-state index is 0. The average molecular weight is 440 g/mol. The molecule has 0 heterocycles. The van der Waals surface area contributed by atoms with Crippen LogP contribution in [0.25, 0.3) is 0 Å². The summed E-state index contributed by atoms with van der Waals surface area (Å²) in [6.45, 7) is 3.09. The number of nitrogens with zero attached hydrogens (tertiary/aromatic N) is 1. The zero-order valence-corrected chi connectivity index (χ0v) is 16.5. The average Bonchev–Trinajstić information content (AvgIpc) is 3.13. The number of guanidine groups is 1. The molecule has 0 saturated heterocycles. The molecule has 1 aromatic carbocycles. The van der Waals surface area contributed by atoms with Gasteiger partial charge < -0.3 is 10.6 Å². The molecule has 0 radical (unpaired) electrons. The topological polar surface area (TPSA) is 36.4 Å². The highest BCUT2D eigenvalue weighted by atomic mass is 127. The van der Waals surface area contributed by atoms with E-state index in [1.54, 1.807) is 0 Å². The molecule has 0 bridgehead atoms. The molecular weight excluding hydrogens is 417 g/mol. The van der Waals surface area contributed by atoms with Crippen LogP contribution in [-0.4, -0.2) is 31.8 Å². The Morgan fingerprint density at radius 1 is 1.52 bits per heavy atom.